The largest absolute Gasteiger partial charge is 0.336 e. The number of carbonyl (C=O) groups is 1. The highest BCUT2D eigenvalue weighted by molar-refractivity contribution is 9.11. The average Bonchev–Trinajstić information content (AvgIpc) is 3.01. The molecule has 1 N–H and O–H groups in total. The molecule has 3 nitrogen and oxygen atoms in total. The van der Waals surface area contributed by atoms with Gasteiger partial charge in [0.15, 0.2) is 0 Å². The number of piperidine rings is 1. The maximum Gasteiger partial charge on any atom is 0.254 e. The summed E-state index contributed by atoms with van der Waals surface area (Å²) in [6.07, 6.45) is 5.82. The predicted octanol–water partition coefficient (Wildman–Crippen LogP) is 3.65. The van der Waals surface area contributed by atoms with Crippen LogP contribution in [-0.4, -0.2) is 35.5 Å². The van der Waals surface area contributed by atoms with E-state index in [9.17, 15) is 4.79 Å². The number of carbonyl (C=O) groups excluding carboxylic acids is 1. The summed E-state index contributed by atoms with van der Waals surface area (Å²) in [4.78, 5) is 14.9. The summed E-state index contributed by atoms with van der Waals surface area (Å²) >= 11 is 5.04. The predicted molar refractivity (Wildman–Crippen MR) is 86.3 cm³/mol. The first-order chi connectivity index (χ1) is 9.67. The van der Waals surface area contributed by atoms with Gasteiger partial charge in [0, 0.05) is 30.1 Å². The molecule has 2 fully saturated rings. The van der Waals surface area contributed by atoms with E-state index in [1.165, 1.54) is 12.8 Å². The van der Waals surface area contributed by atoms with E-state index in [1.54, 1.807) is 11.3 Å². The van der Waals surface area contributed by atoms with Gasteiger partial charge in [0.1, 0.15) is 0 Å². The quantitative estimate of drug-likeness (QED) is 0.892. The van der Waals surface area contributed by atoms with Crippen molar-refractivity contribution in [2.75, 3.05) is 6.54 Å². The molecule has 0 saturated carbocycles. The first-order valence-electron chi connectivity index (χ1n) is 7.48. The molecule has 3 heterocycles. The molecule has 3 rings (SSSR count). The molecule has 0 spiro atoms. The van der Waals surface area contributed by atoms with E-state index in [4.69, 9.17) is 0 Å². The zero-order chi connectivity index (χ0) is 14.1. The van der Waals surface area contributed by atoms with E-state index in [0.717, 1.165) is 35.2 Å². The summed E-state index contributed by atoms with van der Waals surface area (Å²) < 4.78 is 1.03. The van der Waals surface area contributed by atoms with Crippen LogP contribution in [0.4, 0.5) is 0 Å². The van der Waals surface area contributed by atoms with E-state index in [1.807, 2.05) is 11.4 Å². The molecule has 2 unspecified atom stereocenters. The Morgan fingerprint density at radius 1 is 1.45 bits per heavy atom. The van der Waals surface area contributed by atoms with Crippen LogP contribution in [-0.2, 0) is 0 Å². The molecule has 20 heavy (non-hydrogen) atoms. The molecule has 0 radical (unpaired) electrons. The molecular weight excluding hydrogens is 336 g/mol. The summed E-state index contributed by atoms with van der Waals surface area (Å²) in [7, 11) is 0. The SMILES string of the molecule is CCCN(C(=O)c1csc(Br)c1)C1CC2CCC(C1)N2. The van der Waals surface area contributed by atoms with Gasteiger partial charge in [-0.3, -0.25) is 4.79 Å². The van der Waals surface area contributed by atoms with Crippen molar-refractivity contribution in [2.24, 2.45) is 0 Å². The smallest absolute Gasteiger partial charge is 0.254 e. The van der Waals surface area contributed by atoms with Crippen LogP contribution < -0.4 is 5.32 Å². The highest BCUT2D eigenvalue weighted by Gasteiger charge is 2.37. The van der Waals surface area contributed by atoms with E-state index < -0.39 is 0 Å². The van der Waals surface area contributed by atoms with Crippen molar-refractivity contribution in [3.05, 3.63) is 20.8 Å². The van der Waals surface area contributed by atoms with Gasteiger partial charge in [0.05, 0.1) is 9.35 Å². The molecule has 1 amide bonds. The number of hydrogen-bond donors (Lipinski definition) is 1. The Kier molecular flexibility index (Phi) is 4.48. The topological polar surface area (TPSA) is 32.3 Å². The summed E-state index contributed by atoms with van der Waals surface area (Å²) in [6, 6.07) is 3.62. The molecule has 0 aromatic carbocycles. The molecule has 5 heteroatoms. The third-order valence-electron chi connectivity index (χ3n) is 4.43. The van der Waals surface area contributed by atoms with E-state index >= 15 is 0 Å². The van der Waals surface area contributed by atoms with Crippen LogP contribution in [0, 0.1) is 0 Å². The van der Waals surface area contributed by atoms with Gasteiger partial charge < -0.3 is 10.2 Å². The summed E-state index contributed by atoms with van der Waals surface area (Å²) in [5.41, 5.74) is 0.834. The lowest BCUT2D eigenvalue weighted by molar-refractivity contribution is 0.0617. The number of nitrogens with one attached hydrogen (secondary N) is 1. The standard InChI is InChI=1S/C15H21BrN2OS/c1-2-5-18(15(19)10-6-14(16)20-9-10)13-7-11-3-4-12(8-13)17-11/h6,9,11-13,17H,2-5,7-8H2,1H3. The second kappa shape index (κ2) is 6.16. The zero-order valence-electron chi connectivity index (χ0n) is 11.8. The monoisotopic (exact) mass is 356 g/mol. The Bertz CT molecular complexity index is 478. The van der Waals surface area contributed by atoms with Crippen LogP contribution in [0.25, 0.3) is 0 Å². The molecule has 2 atom stereocenters. The molecule has 2 aliphatic heterocycles. The normalized spacial score (nSPS) is 28.6. The Morgan fingerprint density at radius 3 is 2.70 bits per heavy atom. The van der Waals surface area contributed by atoms with Crippen LogP contribution in [0.15, 0.2) is 15.2 Å². The number of halogens is 1. The Balaban J connectivity index is 1.76. The molecular formula is C15H21BrN2OS. The number of fused-ring (bicyclic) bond motifs is 2. The van der Waals surface area contributed by atoms with Crippen molar-refractivity contribution in [2.45, 2.75) is 57.2 Å². The van der Waals surface area contributed by atoms with Gasteiger partial charge in [-0.2, -0.15) is 0 Å². The second-order valence-electron chi connectivity index (χ2n) is 5.90. The van der Waals surface area contributed by atoms with Crippen LogP contribution in [0.5, 0.6) is 0 Å². The van der Waals surface area contributed by atoms with Gasteiger partial charge in [-0.05, 0) is 54.1 Å². The second-order valence-corrected chi connectivity index (χ2v) is 8.19. The highest BCUT2D eigenvalue weighted by atomic mass is 79.9. The van der Waals surface area contributed by atoms with E-state index in [2.05, 4.69) is 33.1 Å². The fourth-order valence-electron chi connectivity index (χ4n) is 3.56. The van der Waals surface area contributed by atoms with Crippen LogP contribution in [0.1, 0.15) is 49.4 Å². The summed E-state index contributed by atoms with van der Waals surface area (Å²) in [5, 5.41) is 5.62. The Labute approximate surface area is 132 Å². The minimum absolute atomic E-state index is 0.208. The van der Waals surface area contributed by atoms with Gasteiger partial charge in [0.25, 0.3) is 5.91 Å². The van der Waals surface area contributed by atoms with Crippen molar-refractivity contribution in [1.29, 1.82) is 0 Å². The van der Waals surface area contributed by atoms with Crippen LogP contribution in [0.2, 0.25) is 0 Å². The maximum absolute atomic E-state index is 12.8. The van der Waals surface area contributed by atoms with Crippen molar-refractivity contribution in [3.63, 3.8) is 0 Å². The number of rotatable bonds is 4. The fourth-order valence-corrected chi connectivity index (χ4v) is 4.69. The Hall–Kier alpha value is -0.390. The van der Waals surface area contributed by atoms with Crippen molar-refractivity contribution >= 4 is 33.2 Å². The molecule has 0 aliphatic carbocycles. The maximum atomic E-state index is 12.8. The minimum atomic E-state index is 0.208. The summed E-state index contributed by atoms with van der Waals surface area (Å²) in [5.74, 6) is 0.208. The first kappa shape index (κ1) is 14.5. The lowest BCUT2D eigenvalue weighted by atomic mass is 9.97. The van der Waals surface area contributed by atoms with Crippen molar-refractivity contribution in [1.82, 2.24) is 10.2 Å². The van der Waals surface area contributed by atoms with Gasteiger partial charge in [-0.1, -0.05) is 6.92 Å². The average molecular weight is 357 g/mol. The molecule has 2 aliphatic rings. The molecule has 1 aromatic rings. The molecule has 2 saturated heterocycles. The molecule has 2 bridgehead atoms. The highest BCUT2D eigenvalue weighted by Crippen LogP contribution is 2.31. The third kappa shape index (κ3) is 2.95. The van der Waals surface area contributed by atoms with Crippen LogP contribution >= 0.6 is 27.3 Å². The number of thiophene rings is 1. The van der Waals surface area contributed by atoms with Crippen LogP contribution in [0.3, 0.4) is 0 Å². The van der Waals surface area contributed by atoms with Gasteiger partial charge in [-0.25, -0.2) is 0 Å². The third-order valence-corrected chi connectivity index (χ3v) is 5.93. The van der Waals surface area contributed by atoms with E-state index in [0.29, 0.717) is 18.1 Å². The lowest BCUT2D eigenvalue weighted by Gasteiger charge is -2.37. The zero-order valence-corrected chi connectivity index (χ0v) is 14.2. The van der Waals surface area contributed by atoms with E-state index in [-0.39, 0.29) is 5.91 Å². The van der Waals surface area contributed by atoms with Gasteiger partial charge >= 0.3 is 0 Å². The summed E-state index contributed by atoms with van der Waals surface area (Å²) in [6.45, 7) is 3.02. The molecule has 1 aromatic heterocycles. The first-order valence-corrected chi connectivity index (χ1v) is 9.15. The fraction of sp³-hybridized carbons (Fsp3) is 0.667. The Morgan fingerprint density at radius 2 is 2.15 bits per heavy atom. The van der Waals surface area contributed by atoms with Crippen molar-refractivity contribution < 1.29 is 4.79 Å². The number of amides is 1. The lowest BCUT2D eigenvalue weighted by Crippen LogP contribution is -2.50. The van der Waals surface area contributed by atoms with Crippen molar-refractivity contribution in [3.8, 4) is 0 Å². The van der Waals surface area contributed by atoms with Gasteiger partial charge in [0.2, 0.25) is 0 Å². The van der Waals surface area contributed by atoms with Gasteiger partial charge in [-0.15, -0.1) is 11.3 Å². The minimum Gasteiger partial charge on any atom is -0.336 e. The number of hydrogen-bond acceptors (Lipinski definition) is 3. The molecule has 110 valence electrons. The number of nitrogens with zero attached hydrogens (tertiary/aromatic N) is 1.